The van der Waals surface area contributed by atoms with Crippen LogP contribution >= 0.6 is 0 Å². The van der Waals surface area contributed by atoms with Crippen molar-refractivity contribution in [2.24, 2.45) is 0 Å². The molecule has 0 atom stereocenters. The monoisotopic (exact) mass is 300 g/mol. The van der Waals surface area contributed by atoms with Crippen LogP contribution in [0.2, 0.25) is 0 Å². The summed E-state index contributed by atoms with van der Waals surface area (Å²) in [4.78, 5) is 8.07. The fourth-order valence-corrected chi connectivity index (χ4v) is 2.87. The fraction of sp³-hybridized carbons (Fsp3) is 0. The van der Waals surface area contributed by atoms with Crippen LogP contribution in [0.3, 0.4) is 0 Å². The van der Waals surface area contributed by atoms with Crippen LogP contribution in [-0.4, -0.2) is 20.2 Å². The zero-order chi connectivity index (χ0) is 15.2. The summed E-state index contributed by atoms with van der Waals surface area (Å²) in [5.41, 5.74) is 4.67. The molecule has 2 N–H and O–H groups in total. The second kappa shape index (κ2) is 4.58. The van der Waals surface area contributed by atoms with Crippen molar-refractivity contribution in [3.05, 3.63) is 60.8 Å². The van der Waals surface area contributed by atoms with Gasteiger partial charge >= 0.3 is 0 Å². The van der Waals surface area contributed by atoms with Crippen LogP contribution in [-0.2, 0) is 0 Å². The summed E-state index contributed by atoms with van der Waals surface area (Å²) in [6.07, 6.45) is 1.74. The van der Waals surface area contributed by atoms with Gasteiger partial charge in [-0.05, 0) is 24.3 Å². The number of para-hydroxylation sites is 2. The van der Waals surface area contributed by atoms with Gasteiger partial charge in [-0.3, -0.25) is 5.10 Å². The van der Waals surface area contributed by atoms with Gasteiger partial charge < -0.3 is 9.40 Å². The van der Waals surface area contributed by atoms with Gasteiger partial charge in [-0.2, -0.15) is 5.10 Å². The quantitative estimate of drug-likeness (QED) is 0.508. The third-order valence-electron chi connectivity index (χ3n) is 3.96. The minimum absolute atomic E-state index is 0.725. The van der Waals surface area contributed by atoms with E-state index in [-0.39, 0.29) is 0 Å². The van der Waals surface area contributed by atoms with Gasteiger partial charge in [0.05, 0.1) is 16.7 Å². The number of fused-ring (bicyclic) bond motifs is 2. The zero-order valence-electron chi connectivity index (χ0n) is 12.1. The summed E-state index contributed by atoms with van der Waals surface area (Å²) in [6, 6.07) is 17.9. The highest BCUT2D eigenvalue weighted by Gasteiger charge is 2.13. The first-order valence-corrected chi connectivity index (χ1v) is 7.36. The highest BCUT2D eigenvalue weighted by Crippen LogP contribution is 2.30. The molecule has 2 aromatic carbocycles. The van der Waals surface area contributed by atoms with Gasteiger partial charge in [0.15, 0.2) is 11.6 Å². The maximum Gasteiger partial charge on any atom is 0.174 e. The predicted octanol–water partition coefficient (Wildman–Crippen LogP) is 4.37. The molecular formula is C18H12N4O. The number of imidazole rings is 1. The second-order valence-electron chi connectivity index (χ2n) is 5.41. The molecule has 0 radical (unpaired) electrons. The summed E-state index contributed by atoms with van der Waals surface area (Å²) < 4.78 is 5.90. The number of benzene rings is 2. The Kier molecular flexibility index (Phi) is 2.43. The van der Waals surface area contributed by atoms with Gasteiger partial charge in [0.25, 0.3) is 0 Å². The van der Waals surface area contributed by atoms with E-state index in [0.29, 0.717) is 0 Å². The molecule has 0 fully saturated rings. The average molecular weight is 300 g/mol. The van der Waals surface area contributed by atoms with Crippen molar-refractivity contribution in [2.45, 2.75) is 0 Å². The molecule has 0 aliphatic carbocycles. The normalized spacial score (nSPS) is 11.5. The molecule has 0 spiro atoms. The predicted molar refractivity (Wildman–Crippen MR) is 88.9 cm³/mol. The van der Waals surface area contributed by atoms with E-state index in [1.165, 1.54) is 0 Å². The fourth-order valence-electron chi connectivity index (χ4n) is 2.87. The molecule has 0 aliphatic rings. The number of hydrogen-bond acceptors (Lipinski definition) is 3. The molecule has 5 heteroatoms. The number of hydrogen-bond donors (Lipinski definition) is 2. The molecule has 110 valence electrons. The van der Waals surface area contributed by atoms with E-state index in [1.807, 2.05) is 54.6 Å². The number of H-pyrrole nitrogens is 2. The minimum Gasteiger partial charge on any atom is -0.453 e. The van der Waals surface area contributed by atoms with E-state index in [2.05, 4.69) is 15.2 Å². The highest BCUT2D eigenvalue weighted by atomic mass is 16.3. The lowest BCUT2D eigenvalue weighted by Gasteiger charge is -1.97. The smallest absolute Gasteiger partial charge is 0.174 e. The summed E-state index contributed by atoms with van der Waals surface area (Å²) in [6.45, 7) is 0. The number of nitrogens with one attached hydrogen (secondary N) is 2. The van der Waals surface area contributed by atoms with Crippen LogP contribution in [0.1, 0.15) is 0 Å². The molecule has 3 aromatic heterocycles. The molecule has 5 rings (SSSR count). The largest absolute Gasteiger partial charge is 0.453 e. The van der Waals surface area contributed by atoms with Crippen molar-refractivity contribution >= 4 is 22.0 Å². The van der Waals surface area contributed by atoms with Crippen molar-refractivity contribution in [1.29, 1.82) is 0 Å². The lowest BCUT2D eigenvalue weighted by atomic mass is 10.1. The molecule has 0 saturated heterocycles. The number of furan rings is 1. The Morgan fingerprint density at radius 3 is 2.78 bits per heavy atom. The van der Waals surface area contributed by atoms with Crippen LogP contribution in [0.5, 0.6) is 0 Å². The Hall–Kier alpha value is -3.34. The van der Waals surface area contributed by atoms with E-state index in [1.54, 1.807) is 6.20 Å². The number of nitrogens with zero attached hydrogens (tertiary/aromatic N) is 2. The summed E-state index contributed by atoms with van der Waals surface area (Å²) in [5.74, 6) is 1.46. The molecule has 0 bridgehead atoms. The average Bonchev–Trinajstić information content (AvgIpc) is 3.31. The van der Waals surface area contributed by atoms with Crippen molar-refractivity contribution in [2.75, 3.05) is 0 Å². The van der Waals surface area contributed by atoms with Crippen molar-refractivity contribution in [3.63, 3.8) is 0 Å². The molecule has 5 aromatic rings. The molecule has 0 aliphatic heterocycles. The van der Waals surface area contributed by atoms with Gasteiger partial charge in [0.1, 0.15) is 5.58 Å². The van der Waals surface area contributed by atoms with Gasteiger partial charge in [0, 0.05) is 17.1 Å². The third kappa shape index (κ3) is 1.87. The molecule has 0 amide bonds. The number of rotatable bonds is 2. The lowest BCUT2D eigenvalue weighted by molar-refractivity contribution is 0.627. The van der Waals surface area contributed by atoms with Crippen molar-refractivity contribution < 1.29 is 4.42 Å². The van der Waals surface area contributed by atoms with Gasteiger partial charge in [-0.1, -0.05) is 30.3 Å². The van der Waals surface area contributed by atoms with E-state index in [4.69, 9.17) is 9.40 Å². The number of aromatic amines is 2. The second-order valence-corrected chi connectivity index (χ2v) is 5.41. The van der Waals surface area contributed by atoms with Crippen molar-refractivity contribution in [3.8, 4) is 22.8 Å². The Balaban J connectivity index is 1.72. The van der Waals surface area contributed by atoms with Crippen molar-refractivity contribution in [1.82, 2.24) is 20.2 Å². The molecule has 5 nitrogen and oxygen atoms in total. The van der Waals surface area contributed by atoms with Crippen LogP contribution < -0.4 is 0 Å². The molecular weight excluding hydrogens is 288 g/mol. The first kappa shape index (κ1) is 12.2. The van der Waals surface area contributed by atoms with E-state index >= 15 is 0 Å². The van der Waals surface area contributed by atoms with Gasteiger partial charge in [-0.15, -0.1) is 0 Å². The SMILES string of the molecule is c1ccc2oc(-c3nc4c(-c5ccn[nH]5)cccc4[nH]3)cc2c1. The zero-order valence-corrected chi connectivity index (χ0v) is 12.1. The van der Waals surface area contributed by atoms with Gasteiger partial charge in [0.2, 0.25) is 0 Å². The topological polar surface area (TPSA) is 70.5 Å². The molecule has 23 heavy (non-hydrogen) atoms. The van der Waals surface area contributed by atoms with E-state index < -0.39 is 0 Å². The van der Waals surface area contributed by atoms with Crippen LogP contribution in [0.25, 0.3) is 44.8 Å². The van der Waals surface area contributed by atoms with E-state index in [0.717, 1.165) is 44.8 Å². The summed E-state index contributed by atoms with van der Waals surface area (Å²) >= 11 is 0. The maximum absolute atomic E-state index is 5.90. The Labute approximate surface area is 131 Å². The Bertz CT molecular complexity index is 1090. The standard InChI is InChI=1S/C18H12N4O/c1-2-7-15-11(4-1)10-16(23-15)18-20-14-6-3-5-12(17(14)21-18)13-8-9-19-22-13/h1-10H,(H,19,22)(H,20,21). The number of aromatic nitrogens is 4. The first-order valence-electron chi connectivity index (χ1n) is 7.36. The first-order chi connectivity index (χ1) is 11.4. The summed E-state index contributed by atoms with van der Waals surface area (Å²) in [7, 11) is 0. The maximum atomic E-state index is 5.90. The highest BCUT2D eigenvalue weighted by molar-refractivity contribution is 5.93. The Morgan fingerprint density at radius 2 is 1.91 bits per heavy atom. The van der Waals surface area contributed by atoms with Crippen LogP contribution in [0.4, 0.5) is 0 Å². The third-order valence-corrected chi connectivity index (χ3v) is 3.96. The minimum atomic E-state index is 0.725. The summed E-state index contributed by atoms with van der Waals surface area (Å²) in [5, 5.41) is 8.07. The molecule has 0 saturated carbocycles. The Morgan fingerprint density at radius 1 is 0.957 bits per heavy atom. The van der Waals surface area contributed by atoms with Crippen LogP contribution in [0, 0.1) is 0 Å². The van der Waals surface area contributed by atoms with Crippen LogP contribution in [0.15, 0.2) is 65.2 Å². The molecule has 0 unspecified atom stereocenters. The van der Waals surface area contributed by atoms with E-state index in [9.17, 15) is 0 Å². The molecule has 3 heterocycles. The lowest BCUT2D eigenvalue weighted by Crippen LogP contribution is -1.81. The van der Waals surface area contributed by atoms with Gasteiger partial charge in [-0.25, -0.2) is 4.98 Å².